The van der Waals surface area contributed by atoms with Gasteiger partial charge in [-0.25, -0.2) is 4.39 Å². The molecule has 9 heteroatoms. The Morgan fingerprint density at radius 3 is 2.68 bits per heavy atom. The number of aromatic nitrogens is 1. The smallest absolute Gasteiger partial charge is 0.322 e. The average Bonchev–Trinajstić information content (AvgIpc) is 2.68. The van der Waals surface area contributed by atoms with Crippen molar-refractivity contribution < 1.29 is 19.1 Å². The number of hydrogen-bond donors (Lipinski definition) is 4. The number of pyridine rings is 1. The summed E-state index contributed by atoms with van der Waals surface area (Å²) in [5.74, 6) is -2.26. The Bertz CT molecular complexity index is 967. The van der Waals surface area contributed by atoms with E-state index in [1.54, 1.807) is 4.57 Å². The van der Waals surface area contributed by atoms with Gasteiger partial charge in [0.15, 0.2) is 0 Å². The normalized spacial score (nSPS) is 14.8. The maximum Gasteiger partial charge on any atom is 0.322 e. The number of nitrogens with one attached hydrogen (secondary N) is 3. The van der Waals surface area contributed by atoms with Crippen LogP contribution in [0.3, 0.4) is 0 Å². The van der Waals surface area contributed by atoms with Gasteiger partial charge in [0.2, 0.25) is 5.43 Å². The summed E-state index contributed by atoms with van der Waals surface area (Å²) in [6, 6.07) is 3.95. The molecular weight excluding hydrogens is 367 g/mol. The number of amides is 1. The zero-order chi connectivity index (χ0) is 20.3. The van der Waals surface area contributed by atoms with Crippen molar-refractivity contribution in [1.29, 1.82) is 0 Å². The maximum absolute atomic E-state index is 13.8. The van der Waals surface area contributed by atoms with E-state index in [-0.39, 0.29) is 17.0 Å². The fourth-order valence-electron chi connectivity index (χ4n) is 3.52. The fraction of sp³-hybridized carbons (Fsp3) is 0.421. The monoisotopic (exact) mass is 390 g/mol. The van der Waals surface area contributed by atoms with E-state index < -0.39 is 29.7 Å². The van der Waals surface area contributed by atoms with Crippen LogP contribution >= 0.6 is 0 Å². The second-order valence-electron chi connectivity index (χ2n) is 6.70. The minimum absolute atomic E-state index is 0.0578. The minimum Gasteiger partial charge on any atom is -0.480 e. The lowest BCUT2D eigenvalue weighted by Gasteiger charge is -2.28. The first kappa shape index (κ1) is 19.8. The van der Waals surface area contributed by atoms with E-state index in [0.717, 1.165) is 32.0 Å². The summed E-state index contributed by atoms with van der Waals surface area (Å²) in [5, 5.41) is 17.7. The summed E-state index contributed by atoms with van der Waals surface area (Å²) in [6.07, 6.45) is 1.63. The van der Waals surface area contributed by atoms with Crippen LogP contribution in [0.2, 0.25) is 0 Å². The van der Waals surface area contributed by atoms with E-state index in [0.29, 0.717) is 17.9 Å². The van der Waals surface area contributed by atoms with Gasteiger partial charge in [0.05, 0.1) is 5.52 Å². The quantitative estimate of drug-likeness (QED) is 0.588. The average molecular weight is 390 g/mol. The molecule has 0 radical (unpaired) electrons. The van der Waals surface area contributed by atoms with Crippen molar-refractivity contribution in [1.82, 2.24) is 15.2 Å². The Balaban J connectivity index is 2.18. The van der Waals surface area contributed by atoms with Gasteiger partial charge in [0, 0.05) is 18.0 Å². The van der Waals surface area contributed by atoms with Crippen molar-refractivity contribution in [3.05, 3.63) is 39.8 Å². The van der Waals surface area contributed by atoms with Crippen LogP contribution in [-0.4, -0.2) is 47.2 Å². The first-order valence-corrected chi connectivity index (χ1v) is 9.25. The number of carbonyl (C=O) groups excluding carboxylic acids is 1. The van der Waals surface area contributed by atoms with E-state index in [1.165, 1.54) is 12.1 Å². The number of anilines is 1. The molecule has 0 aliphatic carbocycles. The first-order chi connectivity index (χ1) is 13.4. The van der Waals surface area contributed by atoms with Crippen LogP contribution in [0.15, 0.2) is 23.0 Å². The molecule has 8 nitrogen and oxygen atoms in total. The molecule has 150 valence electrons. The molecule has 0 saturated carbocycles. The third kappa shape index (κ3) is 3.99. The summed E-state index contributed by atoms with van der Waals surface area (Å²) in [6.45, 7) is 3.31. The number of halogens is 1. The highest BCUT2D eigenvalue weighted by atomic mass is 19.1. The molecule has 0 bridgehead atoms. The van der Waals surface area contributed by atoms with E-state index in [2.05, 4.69) is 16.0 Å². The Morgan fingerprint density at radius 1 is 1.32 bits per heavy atom. The van der Waals surface area contributed by atoms with Crippen molar-refractivity contribution >= 4 is 28.6 Å². The predicted octanol–water partition coefficient (Wildman–Crippen LogP) is 1.14. The summed E-state index contributed by atoms with van der Waals surface area (Å²) in [7, 11) is 0. The van der Waals surface area contributed by atoms with Crippen LogP contribution in [0.5, 0.6) is 0 Å². The van der Waals surface area contributed by atoms with Gasteiger partial charge in [-0.3, -0.25) is 14.4 Å². The fourth-order valence-corrected chi connectivity index (χ4v) is 3.52. The number of aliphatic carboxylic acids is 1. The van der Waals surface area contributed by atoms with Gasteiger partial charge < -0.3 is 25.6 Å². The molecule has 2 aromatic rings. The number of carboxylic acid groups (broad SMARTS) is 1. The number of carbonyl (C=O) groups is 2. The van der Waals surface area contributed by atoms with Gasteiger partial charge in [-0.1, -0.05) is 0 Å². The Hall–Kier alpha value is -2.94. The number of piperidine rings is 1. The zero-order valence-corrected chi connectivity index (χ0v) is 15.5. The number of hydrogen-bond acceptors (Lipinski definition) is 5. The van der Waals surface area contributed by atoms with Gasteiger partial charge in [-0.2, -0.15) is 0 Å². The molecule has 0 unspecified atom stereocenters. The lowest BCUT2D eigenvalue weighted by Crippen LogP contribution is -2.39. The molecule has 28 heavy (non-hydrogen) atoms. The molecule has 1 aliphatic heterocycles. The standard InChI is InChI=1S/C19H23FN4O4/c1-2-24-14-4-3-11(20)9-13(14)17(27)16(19(28)22-10-15(25)26)18(24)23-12-5-7-21-8-6-12/h3-4,9,12,21,23H,2,5-8,10H2,1H3,(H,22,28)(H,25,26). The molecule has 4 N–H and O–H groups in total. The molecule has 1 aromatic carbocycles. The molecule has 1 fully saturated rings. The highest BCUT2D eigenvalue weighted by molar-refractivity contribution is 6.03. The summed E-state index contributed by atoms with van der Waals surface area (Å²) in [5.41, 5.74) is -0.307. The second kappa shape index (κ2) is 8.39. The van der Waals surface area contributed by atoms with Crippen molar-refractivity contribution in [2.24, 2.45) is 0 Å². The van der Waals surface area contributed by atoms with Crippen LogP contribution < -0.4 is 21.4 Å². The molecule has 1 amide bonds. The molecule has 1 aromatic heterocycles. The van der Waals surface area contributed by atoms with Crippen molar-refractivity contribution in [3.8, 4) is 0 Å². The van der Waals surface area contributed by atoms with Gasteiger partial charge in [-0.05, 0) is 51.1 Å². The van der Waals surface area contributed by atoms with Crippen LogP contribution in [0.4, 0.5) is 10.2 Å². The number of fused-ring (bicyclic) bond motifs is 1. The van der Waals surface area contributed by atoms with Crippen LogP contribution in [0, 0.1) is 5.82 Å². The minimum atomic E-state index is -1.22. The third-order valence-corrected chi connectivity index (χ3v) is 4.85. The van der Waals surface area contributed by atoms with Crippen molar-refractivity contribution in [3.63, 3.8) is 0 Å². The third-order valence-electron chi connectivity index (χ3n) is 4.85. The largest absolute Gasteiger partial charge is 0.480 e. The SMILES string of the molecule is CCn1c(NC2CCNCC2)c(C(=O)NCC(=O)O)c(=O)c2cc(F)ccc21. The lowest BCUT2D eigenvalue weighted by molar-refractivity contribution is -0.135. The van der Waals surface area contributed by atoms with Crippen LogP contribution in [-0.2, 0) is 11.3 Å². The van der Waals surface area contributed by atoms with Gasteiger partial charge in [0.25, 0.3) is 5.91 Å². The van der Waals surface area contributed by atoms with Crippen LogP contribution in [0.1, 0.15) is 30.1 Å². The summed E-state index contributed by atoms with van der Waals surface area (Å²) < 4.78 is 15.5. The van der Waals surface area contributed by atoms with Gasteiger partial charge in [-0.15, -0.1) is 0 Å². The van der Waals surface area contributed by atoms with E-state index in [4.69, 9.17) is 5.11 Å². The Morgan fingerprint density at radius 2 is 2.04 bits per heavy atom. The molecule has 1 aliphatic rings. The van der Waals surface area contributed by atoms with E-state index in [1.807, 2.05) is 6.92 Å². The molecule has 3 rings (SSSR count). The molecule has 0 atom stereocenters. The van der Waals surface area contributed by atoms with Gasteiger partial charge in [0.1, 0.15) is 23.7 Å². The highest BCUT2D eigenvalue weighted by Crippen LogP contribution is 2.24. The number of aryl methyl sites for hydroxylation is 1. The van der Waals surface area contributed by atoms with Gasteiger partial charge >= 0.3 is 5.97 Å². The Kier molecular flexibility index (Phi) is 5.93. The van der Waals surface area contributed by atoms with Crippen LogP contribution in [0.25, 0.3) is 10.9 Å². The number of carboxylic acids is 1. The second-order valence-corrected chi connectivity index (χ2v) is 6.70. The topological polar surface area (TPSA) is 112 Å². The Labute approximate surface area is 160 Å². The number of rotatable bonds is 6. The molecule has 0 spiro atoms. The first-order valence-electron chi connectivity index (χ1n) is 9.25. The van der Waals surface area contributed by atoms with E-state index >= 15 is 0 Å². The van der Waals surface area contributed by atoms with Crippen molar-refractivity contribution in [2.45, 2.75) is 32.4 Å². The lowest BCUT2D eigenvalue weighted by atomic mass is 10.0. The molecule has 1 saturated heterocycles. The summed E-state index contributed by atoms with van der Waals surface area (Å²) >= 11 is 0. The molecular formula is C19H23FN4O4. The molecule has 2 heterocycles. The number of benzene rings is 1. The zero-order valence-electron chi connectivity index (χ0n) is 15.5. The van der Waals surface area contributed by atoms with Crippen molar-refractivity contribution in [2.75, 3.05) is 25.0 Å². The number of nitrogens with zero attached hydrogens (tertiary/aromatic N) is 1. The van der Waals surface area contributed by atoms with E-state index in [9.17, 15) is 18.8 Å². The predicted molar refractivity (Wildman–Crippen MR) is 103 cm³/mol. The summed E-state index contributed by atoms with van der Waals surface area (Å²) in [4.78, 5) is 36.6. The highest BCUT2D eigenvalue weighted by Gasteiger charge is 2.25. The maximum atomic E-state index is 13.8.